The third kappa shape index (κ3) is 2.25. The van der Waals surface area contributed by atoms with Crippen LogP contribution in [0.2, 0.25) is 0 Å². The summed E-state index contributed by atoms with van der Waals surface area (Å²) in [5.74, 6) is -1.74. The van der Waals surface area contributed by atoms with Crippen LogP contribution in [0.3, 0.4) is 0 Å². The molecule has 6 heteroatoms. The minimum absolute atomic E-state index is 0.113. The zero-order chi connectivity index (χ0) is 16.1. The van der Waals surface area contributed by atoms with Crippen molar-refractivity contribution in [3.05, 3.63) is 58.9 Å². The van der Waals surface area contributed by atoms with Crippen LogP contribution >= 0.6 is 0 Å². The predicted octanol–water partition coefficient (Wildman–Crippen LogP) is 3.00. The molecule has 4 rings (SSSR count). The van der Waals surface area contributed by atoms with Crippen LogP contribution in [0.1, 0.15) is 11.1 Å². The molecule has 1 unspecified atom stereocenters. The molecule has 1 amide bonds. The van der Waals surface area contributed by atoms with Gasteiger partial charge in [0.1, 0.15) is 23.2 Å². The predicted molar refractivity (Wildman–Crippen MR) is 76.9 cm³/mol. The first kappa shape index (κ1) is 14.1. The minimum Gasteiger partial charge on any atom is -0.480 e. The molecule has 2 aromatic rings. The van der Waals surface area contributed by atoms with E-state index in [-0.39, 0.29) is 18.7 Å². The summed E-state index contributed by atoms with van der Waals surface area (Å²) in [5, 5.41) is 0. The molecule has 2 aliphatic rings. The van der Waals surface area contributed by atoms with Crippen molar-refractivity contribution in [3.63, 3.8) is 0 Å². The number of halogens is 3. The summed E-state index contributed by atoms with van der Waals surface area (Å²) >= 11 is 0. The summed E-state index contributed by atoms with van der Waals surface area (Å²) in [4.78, 5) is 13.9. The summed E-state index contributed by atoms with van der Waals surface area (Å²) in [6, 6.07) is 6.08. The number of amides is 1. The fraction of sp³-hybridized carbons (Fsp3) is 0.235. The van der Waals surface area contributed by atoms with Gasteiger partial charge in [0.15, 0.2) is 6.10 Å². The van der Waals surface area contributed by atoms with E-state index in [9.17, 15) is 18.0 Å². The van der Waals surface area contributed by atoms with Gasteiger partial charge < -0.3 is 9.64 Å². The second-order valence-electron chi connectivity index (χ2n) is 5.70. The number of carbonyl (C=O) groups is 1. The van der Waals surface area contributed by atoms with Crippen LogP contribution in [-0.2, 0) is 17.6 Å². The van der Waals surface area contributed by atoms with E-state index in [0.717, 1.165) is 6.07 Å². The molecule has 0 N–H and O–H groups in total. The number of rotatable bonds is 1. The number of ether oxygens (including phenoxy) is 1. The topological polar surface area (TPSA) is 29.5 Å². The summed E-state index contributed by atoms with van der Waals surface area (Å²) in [5.41, 5.74) is 1.20. The van der Waals surface area contributed by atoms with Gasteiger partial charge in [0, 0.05) is 24.6 Å². The second kappa shape index (κ2) is 5.01. The van der Waals surface area contributed by atoms with Gasteiger partial charge in [-0.3, -0.25) is 4.79 Å². The standard InChI is InChI=1S/C17H12F3NO2/c18-11-1-2-14-10(6-11)7-15(23-14)17(22)21-4-3-9-5-12(19)8-13(20)16(9)21/h1-2,5-6,8,15H,3-4,7H2. The molecule has 2 heterocycles. The van der Waals surface area contributed by atoms with Crippen molar-refractivity contribution >= 4 is 11.6 Å². The molecule has 0 aliphatic carbocycles. The summed E-state index contributed by atoms with van der Waals surface area (Å²) in [7, 11) is 0. The van der Waals surface area contributed by atoms with Crippen molar-refractivity contribution in [3.8, 4) is 5.75 Å². The Morgan fingerprint density at radius 1 is 1.09 bits per heavy atom. The van der Waals surface area contributed by atoms with Crippen LogP contribution in [0.5, 0.6) is 5.75 Å². The van der Waals surface area contributed by atoms with Crippen molar-refractivity contribution in [1.29, 1.82) is 0 Å². The first-order chi connectivity index (χ1) is 11.0. The number of hydrogen-bond acceptors (Lipinski definition) is 2. The highest BCUT2D eigenvalue weighted by Gasteiger charge is 2.37. The van der Waals surface area contributed by atoms with Crippen molar-refractivity contribution in [2.75, 3.05) is 11.4 Å². The minimum atomic E-state index is -0.817. The third-order valence-electron chi connectivity index (χ3n) is 4.22. The quantitative estimate of drug-likeness (QED) is 0.809. The molecule has 2 aliphatic heterocycles. The van der Waals surface area contributed by atoms with Crippen LogP contribution in [0.4, 0.5) is 18.9 Å². The van der Waals surface area contributed by atoms with Crippen LogP contribution < -0.4 is 9.64 Å². The van der Waals surface area contributed by atoms with Gasteiger partial charge in [-0.2, -0.15) is 0 Å². The first-order valence-corrected chi connectivity index (χ1v) is 7.27. The Morgan fingerprint density at radius 3 is 2.70 bits per heavy atom. The molecule has 23 heavy (non-hydrogen) atoms. The molecule has 0 saturated carbocycles. The van der Waals surface area contributed by atoms with Crippen LogP contribution in [0.15, 0.2) is 30.3 Å². The molecule has 0 fully saturated rings. The Hall–Kier alpha value is -2.50. The molecule has 1 atom stereocenters. The zero-order valence-electron chi connectivity index (χ0n) is 12.0. The summed E-state index contributed by atoms with van der Waals surface area (Å²) in [6.45, 7) is 0.277. The maximum Gasteiger partial charge on any atom is 0.268 e. The van der Waals surface area contributed by atoms with Gasteiger partial charge in [0.25, 0.3) is 5.91 Å². The lowest BCUT2D eigenvalue weighted by Crippen LogP contribution is -2.40. The number of fused-ring (bicyclic) bond motifs is 2. The van der Waals surface area contributed by atoms with Gasteiger partial charge in [0.05, 0.1) is 5.69 Å². The maximum atomic E-state index is 14.0. The Morgan fingerprint density at radius 2 is 1.87 bits per heavy atom. The Kier molecular flexibility index (Phi) is 3.07. The Bertz CT molecular complexity index is 822. The fourth-order valence-corrected chi connectivity index (χ4v) is 3.21. The van der Waals surface area contributed by atoms with Crippen molar-refractivity contribution in [1.82, 2.24) is 0 Å². The molecule has 0 saturated heterocycles. The van der Waals surface area contributed by atoms with Gasteiger partial charge in [-0.1, -0.05) is 0 Å². The van der Waals surface area contributed by atoms with E-state index in [0.29, 0.717) is 23.3 Å². The molecule has 0 spiro atoms. The van der Waals surface area contributed by atoms with E-state index in [1.165, 1.54) is 29.2 Å². The van der Waals surface area contributed by atoms with Gasteiger partial charge in [-0.15, -0.1) is 0 Å². The van der Waals surface area contributed by atoms with Gasteiger partial charge in [0.2, 0.25) is 0 Å². The normalized spacial score (nSPS) is 18.6. The van der Waals surface area contributed by atoms with Gasteiger partial charge >= 0.3 is 0 Å². The molecule has 0 bridgehead atoms. The smallest absolute Gasteiger partial charge is 0.268 e. The van der Waals surface area contributed by atoms with Crippen molar-refractivity contribution in [2.24, 2.45) is 0 Å². The number of anilines is 1. The highest BCUT2D eigenvalue weighted by atomic mass is 19.1. The van der Waals surface area contributed by atoms with Crippen LogP contribution in [0.25, 0.3) is 0 Å². The van der Waals surface area contributed by atoms with E-state index in [4.69, 9.17) is 4.74 Å². The molecule has 3 nitrogen and oxygen atoms in total. The van der Waals surface area contributed by atoms with Crippen LogP contribution in [-0.4, -0.2) is 18.6 Å². The molecular formula is C17H12F3NO2. The third-order valence-corrected chi connectivity index (χ3v) is 4.22. The van der Waals surface area contributed by atoms with Gasteiger partial charge in [-0.25, -0.2) is 13.2 Å². The monoisotopic (exact) mass is 319 g/mol. The molecule has 0 aromatic heterocycles. The highest BCUT2D eigenvalue weighted by molar-refractivity contribution is 5.99. The maximum absolute atomic E-state index is 14.0. The van der Waals surface area contributed by atoms with E-state index in [1.807, 2.05) is 0 Å². The van der Waals surface area contributed by atoms with Gasteiger partial charge in [-0.05, 0) is 36.2 Å². The number of carbonyl (C=O) groups excluding carboxylic acids is 1. The first-order valence-electron chi connectivity index (χ1n) is 7.27. The van der Waals surface area contributed by atoms with E-state index < -0.39 is 29.5 Å². The number of nitrogens with zero attached hydrogens (tertiary/aromatic N) is 1. The number of hydrogen-bond donors (Lipinski definition) is 0. The summed E-state index contributed by atoms with van der Waals surface area (Å²) < 4.78 is 46.1. The SMILES string of the molecule is O=C(C1Cc2cc(F)ccc2O1)N1CCc2cc(F)cc(F)c21. The second-order valence-corrected chi connectivity index (χ2v) is 5.70. The largest absolute Gasteiger partial charge is 0.480 e. The lowest BCUT2D eigenvalue weighted by Gasteiger charge is -2.21. The van der Waals surface area contributed by atoms with Crippen LogP contribution in [0, 0.1) is 17.5 Å². The lowest BCUT2D eigenvalue weighted by molar-refractivity contribution is -0.124. The Balaban J connectivity index is 1.61. The summed E-state index contributed by atoms with van der Waals surface area (Å²) in [6.07, 6.45) is -0.188. The average molecular weight is 319 g/mol. The highest BCUT2D eigenvalue weighted by Crippen LogP contribution is 2.35. The average Bonchev–Trinajstić information content (AvgIpc) is 3.09. The van der Waals surface area contributed by atoms with Crippen molar-refractivity contribution < 1.29 is 22.7 Å². The fourth-order valence-electron chi connectivity index (χ4n) is 3.21. The Labute approximate surface area is 130 Å². The number of benzene rings is 2. The molecule has 0 radical (unpaired) electrons. The van der Waals surface area contributed by atoms with E-state index in [2.05, 4.69) is 0 Å². The molecule has 118 valence electrons. The lowest BCUT2D eigenvalue weighted by atomic mass is 10.1. The van der Waals surface area contributed by atoms with E-state index in [1.54, 1.807) is 0 Å². The zero-order valence-corrected chi connectivity index (χ0v) is 12.0. The molecular weight excluding hydrogens is 307 g/mol. The van der Waals surface area contributed by atoms with Crippen molar-refractivity contribution in [2.45, 2.75) is 18.9 Å². The van der Waals surface area contributed by atoms with E-state index >= 15 is 0 Å². The molecule has 2 aromatic carbocycles.